The number of hydrogen-bond acceptors (Lipinski definition) is 4. The molecule has 1 amide bonds. The minimum absolute atomic E-state index is 0.0199. The third-order valence-corrected chi connectivity index (χ3v) is 5.75. The average molecular weight is 436 g/mol. The number of carboxylic acid groups (broad SMARTS) is 1. The van der Waals surface area contributed by atoms with Crippen LogP contribution in [-0.2, 0) is 11.2 Å². The van der Waals surface area contributed by atoms with Gasteiger partial charge in [-0.25, -0.2) is 4.79 Å². The fraction of sp³-hybridized carbons (Fsp3) is 0.100. The Bertz CT molecular complexity index is 1030. The molecule has 3 rings (SSSR count). The molecule has 0 saturated heterocycles. The van der Waals surface area contributed by atoms with Crippen LogP contribution in [-0.4, -0.2) is 24.1 Å². The molecule has 5 nitrogen and oxygen atoms in total. The van der Waals surface area contributed by atoms with E-state index in [4.69, 9.17) is 27.9 Å². The van der Waals surface area contributed by atoms with Gasteiger partial charge in [0.1, 0.15) is 11.3 Å². The van der Waals surface area contributed by atoms with Crippen LogP contribution in [0.5, 0.6) is 5.75 Å². The number of aromatic carboxylic acids is 1. The van der Waals surface area contributed by atoms with E-state index in [0.29, 0.717) is 26.2 Å². The summed E-state index contributed by atoms with van der Waals surface area (Å²) in [6.45, 7) is 0. The zero-order chi connectivity index (χ0) is 20.3. The highest BCUT2D eigenvalue weighted by molar-refractivity contribution is 7.14. The van der Waals surface area contributed by atoms with Gasteiger partial charge in [0.2, 0.25) is 5.91 Å². The van der Waals surface area contributed by atoms with E-state index in [1.54, 1.807) is 55.0 Å². The number of ether oxygens (including phenoxy) is 1. The molecule has 0 aliphatic carbocycles. The van der Waals surface area contributed by atoms with E-state index >= 15 is 0 Å². The molecular formula is C20H15Cl2NO4S. The van der Waals surface area contributed by atoms with Crippen LogP contribution in [0.2, 0.25) is 10.0 Å². The number of amides is 1. The Balaban J connectivity index is 1.83. The van der Waals surface area contributed by atoms with Gasteiger partial charge in [-0.05, 0) is 35.4 Å². The van der Waals surface area contributed by atoms with Crippen molar-refractivity contribution in [2.75, 3.05) is 12.4 Å². The van der Waals surface area contributed by atoms with Gasteiger partial charge in [-0.15, -0.1) is 11.3 Å². The molecular weight excluding hydrogens is 421 g/mol. The molecule has 0 spiro atoms. The summed E-state index contributed by atoms with van der Waals surface area (Å²) in [5.41, 5.74) is 1.67. The van der Waals surface area contributed by atoms with Gasteiger partial charge in [-0.2, -0.15) is 0 Å². The van der Waals surface area contributed by atoms with Crippen LogP contribution >= 0.6 is 34.5 Å². The predicted octanol–water partition coefficient (Wildman–Crippen LogP) is 5.61. The topological polar surface area (TPSA) is 75.6 Å². The number of rotatable bonds is 6. The third kappa shape index (κ3) is 4.47. The van der Waals surface area contributed by atoms with Crippen molar-refractivity contribution in [2.45, 2.75) is 6.42 Å². The summed E-state index contributed by atoms with van der Waals surface area (Å²) in [6, 6.07) is 12.0. The van der Waals surface area contributed by atoms with Crippen LogP contribution < -0.4 is 10.1 Å². The molecule has 144 valence electrons. The summed E-state index contributed by atoms with van der Waals surface area (Å²) >= 11 is 13.2. The number of carbonyl (C=O) groups excluding carboxylic acids is 1. The molecule has 0 aliphatic rings. The van der Waals surface area contributed by atoms with Crippen molar-refractivity contribution >= 4 is 52.1 Å². The van der Waals surface area contributed by atoms with Crippen molar-refractivity contribution in [3.8, 4) is 16.2 Å². The van der Waals surface area contributed by atoms with E-state index in [1.165, 1.54) is 11.3 Å². The van der Waals surface area contributed by atoms with E-state index in [0.717, 1.165) is 5.56 Å². The predicted molar refractivity (Wildman–Crippen MR) is 112 cm³/mol. The molecule has 0 atom stereocenters. The lowest BCUT2D eigenvalue weighted by Gasteiger charge is -2.07. The third-order valence-electron chi connectivity index (χ3n) is 3.98. The van der Waals surface area contributed by atoms with Crippen LogP contribution in [0.15, 0.2) is 47.8 Å². The Morgan fingerprint density at radius 3 is 2.43 bits per heavy atom. The molecule has 0 unspecified atom stereocenters. The zero-order valence-corrected chi connectivity index (χ0v) is 17.0. The molecule has 1 aromatic heterocycles. The van der Waals surface area contributed by atoms with Gasteiger partial charge in [-0.1, -0.05) is 41.4 Å². The van der Waals surface area contributed by atoms with Gasteiger partial charge < -0.3 is 15.2 Å². The maximum atomic E-state index is 12.4. The second-order valence-corrected chi connectivity index (χ2v) is 7.55. The molecule has 0 saturated carbocycles. The SMILES string of the molecule is COc1ccc(CC(=O)Nc2csc(-c3ccc(Cl)c(Cl)c3)c2C(=O)O)cc1. The van der Waals surface area contributed by atoms with E-state index in [1.807, 2.05) is 0 Å². The summed E-state index contributed by atoms with van der Waals surface area (Å²) in [6.07, 6.45) is 0.112. The molecule has 0 bridgehead atoms. The number of anilines is 1. The lowest BCUT2D eigenvalue weighted by molar-refractivity contribution is -0.115. The molecule has 0 aliphatic heterocycles. The molecule has 3 aromatic rings. The fourth-order valence-electron chi connectivity index (χ4n) is 2.64. The Morgan fingerprint density at radius 2 is 1.82 bits per heavy atom. The molecule has 8 heteroatoms. The van der Waals surface area contributed by atoms with Crippen molar-refractivity contribution in [1.82, 2.24) is 0 Å². The first-order chi connectivity index (χ1) is 13.4. The Labute approximate surface area is 175 Å². The number of benzene rings is 2. The smallest absolute Gasteiger partial charge is 0.339 e. The first-order valence-corrected chi connectivity index (χ1v) is 9.75. The number of carbonyl (C=O) groups is 2. The number of carboxylic acids is 1. The van der Waals surface area contributed by atoms with Crippen molar-refractivity contribution in [3.05, 3.63) is 69.0 Å². The quantitative estimate of drug-likeness (QED) is 0.527. The summed E-state index contributed by atoms with van der Waals surface area (Å²) in [5.74, 6) is -0.755. The maximum Gasteiger partial charge on any atom is 0.339 e. The van der Waals surface area contributed by atoms with Crippen molar-refractivity contribution in [3.63, 3.8) is 0 Å². The summed E-state index contributed by atoms with van der Waals surface area (Å²) in [4.78, 5) is 24.7. The first kappa shape index (κ1) is 20.2. The number of nitrogens with one attached hydrogen (secondary N) is 1. The summed E-state index contributed by atoms with van der Waals surface area (Å²) < 4.78 is 5.09. The first-order valence-electron chi connectivity index (χ1n) is 8.12. The average Bonchev–Trinajstić information content (AvgIpc) is 3.08. The number of thiophene rings is 1. The largest absolute Gasteiger partial charge is 0.497 e. The van der Waals surface area contributed by atoms with E-state index in [9.17, 15) is 14.7 Å². The van der Waals surface area contributed by atoms with E-state index in [2.05, 4.69) is 5.32 Å². The highest BCUT2D eigenvalue weighted by Gasteiger charge is 2.21. The Morgan fingerprint density at radius 1 is 1.11 bits per heavy atom. The molecule has 2 aromatic carbocycles. The number of methoxy groups -OCH3 is 1. The maximum absolute atomic E-state index is 12.4. The van der Waals surface area contributed by atoms with Crippen molar-refractivity contribution in [2.24, 2.45) is 0 Å². The highest BCUT2D eigenvalue weighted by atomic mass is 35.5. The Hall–Kier alpha value is -2.54. The lowest BCUT2D eigenvalue weighted by Crippen LogP contribution is -2.16. The second kappa shape index (κ2) is 8.65. The number of hydrogen-bond donors (Lipinski definition) is 2. The van der Waals surface area contributed by atoms with Crippen LogP contribution in [0.1, 0.15) is 15.9 Å². The molecule has 28 heavy (non-hydrogen) atoms. The summed E-state index contributed by atoms with van der Waals surface area (Å²) in [5, 5.41) is 14.7. The van der Waals surface area contributed by atoms with Gasteiger partial charge in [0.15, 0.2) is 0 Å². The molecule has 0 fully saturated rings. The van der Waals surface area contributed by atoms with Gasteiger partial charge in [0.25, 0.3) is 0 Å². The van der Waals surface area contributed by atoms with Crippen molar-refractivity contribution in [1.29, 1.82) is 0 Å². The summed E-state index contributed by atoms with van der Waals surface area (Å²) in [7, 11) is 1.57. The second-order valence-electron chi connectivity index (χ2n) is 5.86. The van der Waals surface area contributed by atoms with Crippen LogP contribution in [0.25, 0.3) is 10.4 Å². The van der Waals surface area contributed by atoms with Gasteiger partial charge in [0, 0.05) is 5.38 Å². The highest BCUT2D eigenvalue weighted by Crippen LogP contribution is 2.38. The minimum atomic E-state index is -1.14. The monoisotopic (exact) mass is 435 g/mol. The Kier molecular flexibility index (Phi) is 6.24. The lowest BCUT2D eigenvalue weighted by atomic mass is 10.1. The molecule has 2 N–H and O–H groups in total. The fourth-order valence-corrected chi connectivity index (χ4v) is 3.92. The molecule has 1 heterocycles. The van der Waals surface area contributed by atoms with Gasteiger partial charge >= 0.3 is 5.97 Å². The molecule has 0 radical (unpaired) electrons. The van der Waals surface area contributed by atoms with Gasteiger partial charge in [-0.3, -0.25) is 4.79 Å². The van der Waals surface area contributed by atoms with Crippen molar-refractivity contribution < 1.29 is 19.4 Å². The zero-order valence-electron chi connectivity index (χ0n) is 14.7. The normalized spacial score (nSPS) is 10.5. The number of halogens is 2. The standard InChI is InChI=1S/C20H15Cl2NO4S/c1-27-13-5-2-11(3-6-13)8-17(24)23-16-10-28-19(18(16)20(25)26)12-4-7-14(21)15(22)9-12/h2-7,9-10H,8H2,1H3,(H,23,24)(H,25,26). The van der Waals surface area contributed by atoms with Gasteiger partial charge in [0.05, 0.1) is 34.1 Å². The van der Waals surface area contributed by atoms with E-state index in [-0.39, 0.29) is 23.6 Å². The van der Waals surface area contributed by atoms with E-state index < -0.39 is 5.97 Å². The van der Waals surface area contributed by atoms with Crippen LogP contribution in [0.3, 0.4) is 0 Å². The minimum Gasteiger partial charge on any atom is -0.497 e. The van der Waals surface area contributed by atoms with Crippen LogP contribution in [0, 0.1) is 0 Å². The van der Waals surface area contributed by atoms with Crippen LogP contribution in [0.4, 0.5) is 5.69 Å².